The van der Waals surface area contributed by atoms with Crippen molar-refractivity contribution in [3.63, 3.8) is 0 Å². The van der Waals surface area contributed by atoms with Crippen LogP contribution in [0.2, 0.25) is 0 Å². The Hall–Kier alpha value is -0.850. The first-order valence-corrected chi connectivity index (χ1v) is 10.9. The quantitative estimate of drug-likeness (QED) is 0.356. The van der Waals surface area contributed by atoms with Crippen LogP contribution < -0.4 is 10.6 Å². The van der Waals surface area contributed by atoms with Crippen molar-refractivity contribution < 1.29 is 9.84 Å². The number of ether oxygens (including phenoxy) is 1. The third kappa shape index (κ3) is 11.6. The average molecular weight is 385 g/mol. The summed E-state index contributed by atoms with van der Waals surface area (Å²) < 4.78 is 5.67. The van der Waals surface area contributed by atoms with E-state index in [1.54, 1.807) is 0 Å². The summed E-state index contributed by atoms with van der Waals surface area (Å²) in [5, 5.41) is 16.3. The molecule has 0 aromatic carbocycles. The minimum atomic E-state index is 0.246. The Kier molecular flexibility index (Phi) is 12.7. The Labute approximate surface area is 167 Å². The highest BCUT2D eigenvalue weighted by molar-refractivity contribution is 5.80. The molecule has 0 spiro atoms. The maximum absolute atomic E-state index is 9.30. The lowest BCUT2D eigenvalue weighted by Gasteiger charge is -2.33. The van der Waals surface area contributed by atoms with E-state index in [2.05, 4.69) is 50.2 Å². The van der Waals surface area contributed by atoms with E-state index >= 15 is 0 Å². The van der Waals surface area contributed by atoms with Crippen molar-refractivity contribution in [2.24, 2.45) is 16.8 Å². The van der Waals surface area contributed by atoms with E-state index < -0.39 is 0 Å². The van der Waals surface area contributed by atoms with Gasteiger partial charge >= 0.3 is 0 Å². The van der Waals surface area contributed by atoms with Gasteiger partial charge in [-0.2, -0.15) is 0 Å². The minimum Gasteiger partial charge on any atom is -0.396 e. The van der Waals surface area contributed by atoms with Gasteiger partial charge in [0, 0.05) is 45.4 Å². The SMILES string of the molecule is CCNC(=NCC(CCO)CC(C)C)NC1CCN(CCOC(C)C)CC1. The first-order chi connectivity index (χ1) is 12.9. The smallest absolute Gasteiger partial charge is 0.191 e. The second-order valence-electron chi connectivity index (χ2n) is 8.41. The van der Waals surface area contributed by atoms with E-state index in [0.717, 1.165) is 71.0 Å². The van der Waals surface area contributed by atoms with Gasteiger partial charge in [0.25, 0.3) is 0 Å². The van der Waals surface area contributed by atoms with Gasteiger partial charge in [-0.1, -0.05) is 13.8 Å². The Bertz CT molecular complexity index is 394. The van der Waals surface area contributed by atoms with E-state index in [4.69, 9.17) is 9.73 Å². The topological polar surface area (TPSA) is 69.1 Å². The van der Waals surface area contributed by atoms with Crippen LogP contribution in [0, 0.1) is 11.8 Å². The van der Waals surface area contributed by atoms with Gasteiger partial charge < -0.3 is 25.4 Å². The van der Waals surface area contributed by atoms with Gasteiger partial charge in [0.05, 0.1) is 12.7 Å². The van der Waals surface area contributed by atoms with Crippen LogP contribution >= 0.6 is 0 Å². The maximum Gasteiger partial charge on any atom is 0.191 e. The average Bonchev–Trinajstić information content (AvgIpc) is 2.60. The molecule has 0 aromatic rings. The van der Waals surface area contributed by atoms with Crippen LogP contribution in [-0.2, 0) is 4.74 Å². The van der Waals surface area contributed by atoms with Crippen LogP contribution in [0.25, 0.3) is 0 Å². The standard InChI is InChI=1S/C21H44N4O2/c1-6-22-21(23-16-19(9-13-26)15-17(2)3)24-20-7-10-25(11-8-20)12-14-27-18(4)5/h17-20,26H,6-16H2,1-5H3,(H2,22,23,24). The van der Waals surface area contributed by atoms with Crippen LogP contribution in [0.15, 0.2) is 4.99 Å². The third-order valence-electron chi connectivity index (χ3n) is 4.98. The van der Waals surface area contributed by atoms with E-state index in [1.165, 1.54) is 0 Å². The van der Waals surface area contributed by atoms with Crippen molar-refractivity contribution >= 4 is 5.96 Å². The van der Waals surface area contributed by atoms with E-state index in [-0.39, 0.29) is 6.61 Å². The molecule has 1 heterocycles. The summed E-state index contributed by atoms with van der Waals surface area (Å²) in [5.41, 5.74) is 0. The van der Waals surface area contributed by atoms with Gasteiger partial charge in [-0.05, 0) is 58.3 Å². The van der Waals surface area contributed by atoms with Gasteiger partial charge in [-0.15, -0.1) is 0 Å². The molecule has 1 fully saturated rings. The van der Waals surface area contributed by atoms with Crippen molar-refractivity contribution in [2.45, 2.75) is 72.4 Å². The van der Waals surface area contributed by atoms with Crippen molar-refractivity contribution in [1.29, 1.82) is 0 Å². The number of nitrogens with one attached hydrogen (secondary N) is 2. The molecule has 1 aliphatic rings. The van der Waals surface area contributed by atoms with Crippen molar-refractivity contribution in [2.75, 3.05) is 45.9 Å². The lowest BCUT2D eigenvalue weighted by Crippen LogP contribution is -2.49. The number of nitrogens with zero attached hydrogens (tertiary/aromatic N) is 2. The van der Waals surface area contributed by atoms with Crippen LogP contribution in [0.4, 0.5) is 0 Å². The molecule has 1 unspecified atom stereocenters. The lowest BCUT2D eigenvalue weighted by molar-refractivity contribution is 0.0532. The molecular weight excluding hydrogens is 340 g/mol. The summed E-state index contributed by atoms with van der Waals surface area (Å²) in [5.74, 6) is 2.01. The van der Waals surface area contributed by atoms with Crippen molar-refractivity contribution in [3.05, 3.63) is 0 Å². The number of aliphatic hydroxyl groups is 1. The van der Waals surface area contributed by atoms with Gasteiger partial charge in [-0.25, -0.2) is 0 Å². The first-order valence-electron chi connectivity index (χ1n) is 10.9. The number of aliphatic hydroxyl groups excluding tert-OH is 1. The molecule has 1 saturated heterocycles. The Morgan fingerprint density at radius 3 is 2.48 bits per heavy atom. The highest BCUT2D eigenvalue weighted by Gasteiger charge is 2.20. The highest BCUT2D eigenvalue weighted by Crippen LogP contribution is 2.16. The second kappa shape index (κ2) is 14.2. The molecule has 0 aromatic heterocycles. The number of likely N-dealkylation sites (tertiary alicyclic amines) is 1. The molecule has 0 saturated carbocycles. The highest BCUT2D eigenvalue weighted by atomic mass is 16.5. The molecule has 6 heteroatoms. The third-order valence-corrected chi connectivity index (χ3v) is 4.98. The molecule has 0 radical (unpaired) electrons. The molecule has 0 bridgehead atoms. The normalized spacial score (nSPS) is 18.3. The number of piperidine rings is 1. The summed E-state index contributed by atoms with van der Waals surface area (Å²) in [4.78, 5) is 7.31. The molecule has 1 rings (SSSR count). The van der Waals surface area contributed by atoms with Gasteiger partial charge in [0.15, 0.2) is 5.96 Å². The van der Waals surface area contributed by atoms with Gasteiger partial charge in [-0.3, -0.25) is 4.99 Å². The summed E-state index contributed by atoms with van der Waals surface area (Å²) in [6.07, 6.45) is 4.53. The zero-order valence-corrected chi connectivity index (χ0v) is 18.3. The molecule has 1 aliphatic heterocycles. The number of hydrogen-bond acceptors (Lipinski definition) is 4. The number of guanidine groups is 1. The minimum absolute atomic E-state index is 0.246. The fraction of sp³-hybridized carbons (Fsp3) is 0.952. The van der Waals surface area contributed by atoms with Crippen LogP contribution in [0.1, 0.15) is 60.3 Å². The fourth-order valence-corrected chi connectivity index (χ4v) is 3.59. The maximum atomic E-state index is 9.30. The number of aliphatic imine (C=N–C) groups is 1. The zero-order valence-electron chi connectivity index (χ0n) is 18.3. The van der Waals surface area contributed by atoms with Crippen molar-refractivity contribution in [3.8, 4) is 0 Å². The van der Waals surface area contributed by atoms with Crippen LogP contribution in [-0.4, -0.2) is 74.0 Å². The fourth-order valence-electron chi connectivity index (χ4n) is 3.59. The number of rotatable bonds is 12. The molecule has 27 heavy (non-hydrogen) atoms. The molecule has 0 aliphatic carbocycles. The molecule has 6 nitrogen and oxygen atoms in total. The van der Waals surface area contributed by atoms with Gasteiger partial charge in [0.2, 0.25) is 0 Å². The second-order valence-corrected chi connectivity index (χ2v) is 8.41. The molecule has 1 atom stereocenters. The summed E-state index contributed by atoms with van der Waals surface area (Å²) in [7, 11) is 0. The molecule has 3 N–H and O–H groups in total. The summed E-state index contributed by atoms with van der Waals surface area (Å²) in [6.45, 7) is 16.7. The zero-order chi connectivity index (χ0) is 20.1. The van der Waals surface area contributed by atoms with Crippen LogP contribution in [0.5, 0.6) is 0 Å². The monoisotopic (exact) mass is 384 g/mol. The van der Waals surface area contributed by atoms with E-state index in [1.807, 2.05) is 0 Å². The predicted molar refractivity (Wildman–Crippen MR) is 114 cm³/mol. The van der Waals surface area contributed by atoms with Gasteiger partial charge in [0.1, 0.15) is 0 Å². The summed E-state index contributed by atoms with van der Waals surface area (Å²) in [6, 6.07) is 0.478. The molecule has 160 valence electrons. The molecular formula is C21H44N4O2. The Morgan fingerprint density at radius 2 is 1.93 bits per heavy atom. The molecule has 0 amide bonds. The Balaban J connectivity index is 2.43. The first kappa shape index (κ1) is 24.2. The van der Waals surface area contributed by atoms with Crippen molar-refractivity contribution in [1.82, 2.24) is 15.5 Å². The van der Waals surface area contributed by atoms with E-state index in [9.17, 15) is 5.11 Å². The van der Waals surface area contributed by atoms with E-state index in [0.29, 0.717) is 24.0 Å². The largest absolute Gasteiger partial charge is 0.396 e. The lowest BCUT2D eigenvalue weighted by atomic mass is 9.94. The predicted octanol–water partition coefficient (Wildman–Crippen LogP) is 2.48. The number of hydrogen-bond donors (Lipinski definition) is 3. The summed E-state index contributed by atoms with van der Waals surface area (Å²) >= 11 is 0. The van der Waals surface area contributed by atoms with Crippen LogP contribution in [0.3, 0.4) is 0 Å². The Morgan fingerprint density at radius 1 is 1.22 bits per heavy atom.